The maximum Gasteiger partial charge on any atom is 0.161 e. The minimum absolute atomic E-state index is 0.168. The number of phenols is 1. The van der Waals surface area contributed by atoms with Gasteiger partial charge >= 0.3 is 0 Å². The monoisotopic (exact) mass is 437 g/mol. The number of phenolic OH excluding ortho intramolecular Hbond substituents is 1. The van der Waals surface area contributed by atoms with Crippen molar-refractivity contribution in [2.24, 2.45) is 0 Å². The highest BCUT2D eigenvalue weighted by Crippen LogP contribution is 2.33. The van der Waals surface area contributed by atoms with Crippen molar-refractivity contribution in [2.75, 3.05) is 0 Å². The molecule has 0 fully saturated rings. The lowest BCUT2D eigenvalue weighted by Crippen LogP contribution is -1.90. The average molecular weight is 437 g/mol. The van der Waals surface area contributed by atoms with Crippen LogP contribution < -0.4 is 0 Å². The van der Waals surface area contributed by atoms with Crippen LogP contribution in [0, 0.1) is 12.7 Å². The van der Waals surface area contributed by atoms with Gasteiger partial charge in [0.1, 0.15) is 17.1 Å². The molecule has 6 rings (SSSR count). The molecule has 160 valence electrons. The zero-order valence-corrected chi connectivity index (χ0v) is 17.3. The summed E-state index contributed by atoms with van der Waals surface area (Å²) in [5.74, 6) is -0.212. The number of aromatic hydroxyl groups is 1. The number of hydrogen-bond donors (Lipinski definition) is 3. The van der Waals surface area contributed by atoms with Crippen LogP contribution in [0.15, 0.2) is 61.2 Å². The summed E-state index contributed by atoms with van der Waals surface area (Å²) >= 11 is 0. The Labute approximate surface area is 186 Å². The van der Waals surface area contributed by atoms with E-state index in [4.69, 9.17) is 9.97 Å². The highest BCUT2D eigenvalue weighted by molar-refractivity contribution is 5.96. The molecule has 0 atom stereocenters. The van der Waals surface area contributed by atoms with Crippen molar-refractivity contribution in [3.8, 4) is 39.7 Å². The number of rotatable bonds is 3. The average Bonchev–Trinajstić information content (AvgIpc) is 3.42. The van der Waals surface area contributed by atoms with E-state index in [0.29, 0.717) is 39.2 Å². The molecule has 0 saturated heterocycles. The third-order valence-corrected chi connectivity index (χ3v) is 5.53. The van der Waals surface area contributed by atoms with Crippen molar-refractivity contribution in [3.63, 3.8) is 0 Å². The highest BCUT2D eigenvalue weighted by Gasteiger charge is 2.18. The number of halogens is 1. The third-order valence-electron chi connectivity index (χ3n) is 5.53. The first-order valence-corrected chi connectivity index (χ1v) is 10.2. The molecule has 1 aromatic carbocycles. The van der Waals surface area contributed by atoms with Crippen LogP contribution in [0.2, 0.25) is 0 Å². The van der Waals surface area contributed by atoms with Crippen molar-refractivity contribution < 1.29 is 9.50 Å². The van der Waals surface area contributed by atoms with E-state index in [-0.39, 0.29) is 5.75 Å². The van der Waals surface area contributed by atoms with Crippen LogP contribution in [0.3, 0.4) is 0 Å². The lowest BCUT2D eigenvalue weighted by atomic mass is 10.1. The van der Waals surface area contributed by atoms with Crippen molar-refractivity contribution >= 4 is 22.1 Å². The zero-order valence-electron chi connectivity index (χ0n) is 17.3. The zero-order chi connectivity index (χ0) is 22.5. The van der Waals surface area contributed by atoms with Crippen LogP contribution in [0.25, 0.3) is 56.0 Å². The van der Waals surface area contributed by atoms with Gasteiger partial charge in [0.15, 0.2) is 11.5 Å². The van der Waals surface area contributed by atoms with E-state index in [1.807, 2.05) is 25.1 Å². The van der Waals surface area contributed by atoms with Gasteiger partial charge in [-0.2, -0.15) is 5.10 Å². The molecule has 0 unspecified atom stereocenters. The van der Waals surface area contributed by atoms with Crippen LogP contribution in [-0.4, -0.2) is 40.2 Å². The topological polar surface area (TPSA) is 116 Å². The fraction of sp³-hybridized carbons (Fsp3) is 0.0417. The number of aromatic nitrogens is 7. The van der Waals surface area contributed by atoms with Gasteiger partial charge in [0.2, 0.25) is 0 Å². The number of benzene rings is 1. The summed E-state index contributed by atoms with van der Waals surface area (Å²) in [7, 11) is 0. The van der Waals surface area contributed by atoms with E-state index in [1.54, 1.807) is 24.8 Å². The van der Waals surface area contributed by atoms with Gasteiger partial charge in [-0.15, -0.1) is 0 Å². The van der Waals surface area contributed by atoms with Gasteiger partial charge in [0, 0.05) is 35.8 Å². The Balaban J connectivity index is 1.52. The van der Waals surface area contributed by atoms with E-state index >= 15 is 0 Å². The quantitative estimate of drug-likeness (QED) is 0.367. The standard InChI is InChI=1S/C24H16FN7O/c1-12-4-5-26-9-16(12)18-2-3-19-22(28-18)23(32-31-19)24-29-20-11-27-10-17(21(20)30-24)13-6-14(25)8-15(33)7-13/h2-11,33H,1H3,(H,29,30)(H,31,32). The number of fused-ring (bicyclic) bond motifs is 2. The molecule has 0 aliphatic rings. The fourth-order valence-electron chi connectivity index (χ4n) is 3.93. The fourth-order valence-corrected chi connectivity index (χ4v) is 3.93. The third kappa shape index (κ3) is 3.18. The van der Waals surface area contributed by atoms with E-state index in [0.717, 1.165) is 28.4 Å². The normalized spacial score (nSPS) is 11.5. The van der Waals surface area contributed by atoms with Gasteiger partial charge < -0.3 is 10.1 Å². The van der Waals surface area contributed by atoms with Crippen LogP contribution in [-0.2, 0) is 0 Å². The summed E-state index contributed by atoms with van der Waals surface area (Å²) in [4.78, 5) is 21.2. The Bertz CT molecular complexity index is 1650. The second-order valence-corrected chi connectivity index (χ2v) is 7.72. The molecular weight excluding hydrogens is 421 g/mol. The van der Waals surface area contributed by atoms with E-state index in [1.165, 1.54) is 12.1 Å². The van der Waals surface area contributed by atoms with Crippen molar-refractivity contribution in [3.05, 3.63) is 72.6 Å². The Morgan fingerprint density at radius 1 is 0.879 bits per heavy atom. The van der Waals surface area contributed by atoms with Crippen molar-refractivity contribution in [1.82, 2.24) is 35.1 Å². The molecule has 0 bridgehead atoms. The molecule has 9 heteroatoms. The molecular formula is C24H16FN7O. The number of H-pyrrole nitrogens is 2. The van der Waals surface area contributed by atoms with Crippen molar-refractivity contribution in [2.45, 2.75) is 6.92 Å². The van der Waals surface area contributed by atoms with Crippen LogP contribution in [0.5, 0.6) is 5.75 Å². The Hall–Kier alpha value is -4.66. The van der Waals surface area contributed by atoms with Crippen LogP contribution in [0.1, 0.15) is 5.56 Å². The van der Waals surface area contributed by atoms with Crippen LogP contribution in [0.4, 0.5) is 4.39 Å². The molecule has 0 spiro atoms. The van der Waals surface area contributed by atoms with E-state index < -0.39 is 5.82 Å². The number of hydrogen-bond acceptors (Lipinski definition) is 6. The Morgan fingerprint density at radius 2 is 1.76 bits per heavy atom. The number of nitrogens with zero attached hydrogens (tertiary/aromatic N) is 5. The molecule has 0 saturated carbocycles. The maximum atomic E-state index is 13.9. The van der Waals surface area contributed by atoms with Crippen LogP contribution >= 0.6 is 0 Å². The molecule has 5 aromatic heterocycles. The van der Waals surface area contributed by atoms with Gasteiger partial charge in [-0.05, 0) is 48.4 Å². The molecule has 8 nitrogen and oxygen atoms in total. The molecule has 0 radical (unpaired) electrons. The number of aryl methyl sites for hydroxylation is 1. The largest absolute Gasteiger partial charge is 0.508 e. The van der Waals surface area contributed by atoms with Gasteiger partial charge in [-0.1, -0.05) is 0 Å². The highest BCUT2D eigenvalue weighted by atomic mass is 19.1. The Kier molecular flexibility index (Phi) is 4.16. The maximum absolute atomic E-state index is 13.9. The molecule has 3 N–H and O–H groups in total. The van der Waals surface area contributed by atoms with Gasteiger partial charge in [0.05, 0.1) is 28.4 Å². The summed E-state index contributed by atoms with van der Waals surface area (Å²) in [6, 6.07) is 9.64. The number of aromatic amines is 2. The molecule has 33 heavy (non-hydrogen) atoms. The number of nitrogens with one attached hydrogen (secondary N) is 2. The molecule has 0 aliphatic carbocycles. The summed E-state index contributed by atoms with van der Waals surface area (Å²) in [5.41, 5.74) is 7.07. The van der Waals surface area contributed by atoms with E-state index in [2.05, 4.69) is 25.1 Å². The lowest BCUT2D eigenvalue weighted by Gasteiger charge is -2.04. The Morgan fingerprint density at radius 3 is 2.61 bits per heavy atom. The molecule has 6 aromatic rings. The van der Waals surface area contributed by atoms with Gasteiger partial charge in [-0.3, -0.25) is 15.1 Å². The first-order chi connectivity index (χ1) is 16.1. The first kappa shape index (κ1) is 19.1. The summed E-state index contributed by atoms with van der Waals surface area (Å²) < 4.78 is 13.9. The predicted octanol–water partition coefficient (Wildman–Crippen LogP) is 4.78. The first-order valence-electron chi connectivity index (χ1n) is 10.2. The molecule has 0 aliphatic heterocycles. The summed E-state index contributed by atoms with van der Waals surface area (Å²) in [6.45, 7) is 2.01. The minimum atomic E-state index is -0.543. The minimum Gasteiger partial charge on any atom is -0.508 e. The van der Waals surface area contributed by atoms with Gasteiger partial charge in [-0.25, -0.2) is 14.4 Å². The number of pyridine rings is 3. The lowest BCUT2D eigenvalue weighted by molar-refractivity contribution is 0.469. The second kappa shape index (κ2) is 7.20. The smallest absolute Gasteiger partial charge is 0.161 e. The summed E-state index contributed by atoms with van der Waals surface area (Å²) in [6.07, 6.45) is 6.77. The predicted molar refractivity (Wildman–Crippen MR) is 122 cm³/mol. The SMILES string of the molecule is Cc1ccncc1-c1ccc2[nH]nc(-c3nc4c(-c5cc(O)cc(F)c5)cncc4[nH]3)c2n1. The molecule has 0 amide bonds. The molecule has 5 heterocycles. The van der Waals surface area contributed by atoms with Crippen molar-refractivity contribution in [1.29, 1.82) is 0 Å². The van der Waals surface area contributed by atoms with E-state index in [9.17, 15) is 9.50 Å². The summed E-state index contributed by atoms with van der Waals surface area (Å²) in [5, 5.41) is 17.3. The second-order valence-electron chi connectivity index (χ2n) is 7.72. The number of imidazole rings is 1. The van der Waals surface area contributed by atoms with Gasteiger partial charge in [0.25, 0.3) is 0 Å².